The van der Waals surface area contributed by atoms with E-state index in [-0.39, 0.29) is 12.5 Å². The first kappa shape index (κ1) is 14.6. The second-order valence-corrected chi connectivity index (χ2v) is 6.84. The van der Waals surface area contributed by atoms with Crippen molar-refractivity contribution in [1.29, 1.82) is 0 Å². The Bertz CT molecular complexity index is 604. The Morgan fingerprint density at radius 2 is 2.24 bits per heavy atom. The molecule has 1 aliphatic heterocycles. The number of thiophene rings is 1. The zero-order valence-electron chi connectivity index (χ0n) is 11.4. The lowest BCUT2D eigenvalue weighted by molar-refractivity contribution is -0.0605. The maximum atomic E-state index is 12.1. The third kappa shape index (κ3) is 3.49. The summed E-state index contributed by atoms with van der Waals surface area (Å²) in [6.07, 6.45) is 1.09. The molecule has 2 aromatic heterocycles. The maximum absolute atomic E-state index is 12.1. The van der Waals surface area contributed by atoms with Gasteiger partial charge in [-0.25, -0.2) is 4.98 Å². The van der Waals surface area contributed by atoms with Gasteiger partial charge in [0.05, 0.1) is 10.5 Å². The van der Waals surface area contributed by atoms with Gasteiger partial charge in [-0.3, -0.25) is 4.79 Å². The number of rotatable bonds is 4. The molecule has 0 aromatic carbocycles. The lowest BCUT2D eigenvalue weighted by Gasteiger charge is -2.31. The first-order valence-corrected chi connectivity index (χ1v) is 8.50. The predicted molar refractivity (Wildman–Crippen MR) is 82.8 cm³/mol. The third-order valence-electron chi connectivity index (χ3n) is 3.47. The largest absolute Gasteiger partial charge is 0.388 e. The molecule has 0 radical (unpaired) electrons. The van der Waals surface area contributed by atoms with Crippen LogP contribution in [-0.2, 0) is 4.74 Å². The number of nitrogens with zero attached hydrogens (tertiary/aromatic N) is 1. The second-order valence-electron chi connectivity index (χ2n) is 5.03. The van der Waals surface area contributed by atoms with E-state index in [9.17, 15) is 9.90 Å². The molecule has 1 saturated heterocycles. The van der Waals surface area contributed by atoms with Crippen molar-refractivity contribution in [2.24, 2.45) is 0 Å². The minimum absolute atomic E-state index is 0.237. The molecule has 21 heavy (non-hydrogen) atoms. The van der Waals surface area contributed by atoms with Crippen molar-refractivity contribution in [1.82, 2.24) is 10.3 Å². The average molecular weight is 324 g/mol. The van der Waals surface area contributed by atoms with Crippen LogP contribution in [0.2, 0.25) is 0 Å². The molecule has 0 bridgehead atoms. The van der Waals surface area contributed by atoms with Gasteiger partial charge >= 0.3 is 0 Å². The number of hydrogen-bond acceptors (Lipinski definition) is 6. The molecule has 2 aromatic rings. The van der Waals surface area contributed by atoms with Gasteiger partial charge in [-0.05, 0) is 11.4 Å². The highest BCUT2D eigenvalue weighted by atomic mass is 32.1. The van der Waals surface area contributed by atoms with Gasteiger partial charge in [0.15, 0.2) is 0 Å². The lowest BCUT2D eigenvalue weighted by atomic mass is 9.94. The molecule has 0 saturated carbocycles. The number of amides is 1. The third-order valence-corrected chi connectivity index (χ3v) is 5.35. The fourth-order valence-electron chi connectivity index (χ4n) is 2.15. The molecule has 2 N–H and O–H groups in total. The van der Waals surface area contributed by atoms with Crippen molar-refractivity contribution in [2.45, 2.75) is 18.4 Å². The molecule has 1 aliphatic rings. The Labute approximate surface area is 130 Å². The molecule has 1 fully saturated rings. The number of nitrogens with one attached hydrogen (secondary N) is 1. The summed E-state index contributed by atoms with van der Waals surface area (Å²) in [6, 6.07) is 3.94. The van der Waals surface area contributed by atoms with E-state index in [1.807, 2.05) is 17.5 Å². The van der Waals surface area contributed by atoms with Crippen molar-refractivity contribution >= 4 is 28.6 Å². The minimum Gasteiger partial charge on any atom is -0.388 e. The number of aliphatic hydroxyl groups is 1. The summed E-state index contributed by atoms with van der Waals surface area (Å²) in [5.74, 6) is -0.242. The highest BCUT2D eigenvalue weighted by Gasteiger charge is 2.30. The van der Waals surface area contributed by atoms with E-state index in [2.05, 4.69) is 10.3 Å². The van der Waals surface area contributed by atoms with Gasteiger partial charge in [0, 0.05) is 38.0 Å². The molecular formula is C14H16N2O3S2. The molecule has 1 amide bonds. The molecule has 7 heteroatoms. The van der Waals surface area contributed by atoms with Crippen LogP contribution in [0.3, 0.4) is 0 Å². The Kier molecular flexibility index (Phi) is 4.34. The SMILES string of the molecule is O=C(NCC1(O)CCOCC1)c1csc(-c2cccs2)n1. The van der Waals surface area contributed by atoms with Crippen LogP contribution >= 0.6 is 22.7 Å². The highest BCUT2D eigenvalue weighted by molar-refractivity contribution is 7.20. The number of aromatic nitrogens is 1. The second kappa shape index (κ2) is 6.23. The molecule has 3 heterocycles. The summed E-state index contributed by atoms with van der Waals surface area (Å²) < 4.78 is 5.22. The summed E-state index contributed by atoms with van der Waals surface area (Å²) >= 11 is 3.05. The van der Waals surface area contributed by atoms with Crippen LogP contribution < -0.4 is 5.32 Å². The summed E-state index contributed by atoms with van der Waals surface area (Å²) in [4.78, 5) is 17.5. The van der Waals surface area contributed by atoms with Crippen molar-refractivity contribution in [3.8, 4) is 9.88 Å². The van der Waals surface area contributed by atoms with Gasteiger partial charge in [-0.15, -0.1) is 22.7 Å². The van der Waals surface area contributed by atoms with E-state index in [0.717, 1.165) is 9.88 Å². The number of carbonyl (C=O) groups excluding carboxylic acids is 1. The summed E-state index contributed by atoms with van der Waals surface area (Å²) in [7, 11) is 0. The lowest BCUT2D eigenvalue weighted by Crippen LogP contribution is -2.46. The van der Waals surface area contributed by atoms with Crippen LogP contribution in [0.15, 0.2) is 22.9 Å². The number of carbonyl (C=O) groups is 1. The fraction of sp³-hybridized carbons (Fsp3) is 0.429. The van der Waals surface area contributed by atoms with Crippen LogP contribution in [0, 0.1) is 0 Å². The Morgan fingerprint density at radius 3 is 2.95 bits per heavy atom. The van der Waals surface area contributed by atoms with E-state index in [1.54, 1.807) is 16.7 Å². The number of hydrogen-bond donors (Lipinski definition) is 2. The van der Waals surface area contributed by atoms with E-state index < -0.39 is 5.60 Å². The van der Waals surface area contributed by atoms with Crippen molar-refractivity contribution < 1.29 is 14.6 Å². The first-order chi connectivity index (χ1) is 10.2. The Balaban J connectivity index is 1.61. The predicted octanol–water partition coefficient (Wildman–Crippen LogP) is 2.14. The van der Waals surface area contributed by atoms with Gasteiger partial charge in [0.25, 0.3) is 5.91 Å². The quantitative estimate of drug-likeness (QED) is 0.904. The number of ether oxygens (including phenoxy) is 1. The topological polar surface area (TPSA) is 71.5 Å². The van der Waals surface area contributed by atoms with Crippen LogP contribution in [0.4, 0.5) is 0 Å². The number of thiazole rings is 1. The zero-order chi connectivity index (χ0) is 14.7. The summed E-state index contributed by atoms with van der Waals surface area (Å²) in [5, 5.41) is 17.7. The zero-order valence-corrected chi connectivity index (χ0v) is 13.0. The summed E-state index contributed by atoms with van der Waals surface area (Å²) in [5.41, 5.74) is -0.459. The van der Waals surface area contributed by atoms with E-state index >= 15 is 0 Å². The van der Waals surface area contributed by atoms with Crippen molar-refractivity contribution in [2.75, 3.05) is 19.8 Å². The molecule has 0 aliphatic carbocycles. The molecule has 0 unspecified atom stereocenters. The van der Waals surface area contributed by atoms with Crippen molar-refractivity contribution in [3.63, 3.8) is 0 Å². The van der Waals surface area contributed by atoms with Crippen LogP contribution in [0.5, 0.6) is 0 Å². The molecule has 0 atom stereocenters. The van der Waals surface area contributed by atoms with Crippen LogP contribution in [0.25, 0.3) is 9.88 Å². The van der Waals surface area contributed by atoms with Gasteiger partial charge in [0.2, 0.25) is 0 Å². The van der Waals surface area contributed by atoms with Crippen LogP contribution in [-0.4, -0.2) is 41.4 Å². The van der Waals surface area contributed by atoms with Gasteiger partial charge in [-0.2, -0.15) is 0 Å². The highest BCUT2D eigenvalue weighted by Crippen LogP contribution is 2.27. The Morgan fingerprint density at radius 1 is 1.43 bits per heavy atom. The van der Waals surface area contributed by atoms with Gasteiger partial charge in [-0.1, -0.05) is 6.07 Å². The van der Waals surface area contributed by atoms with Crippen molar-refractivity contribution in [3.05, 3.63) is 28.6 Å². The summed E-state index contributed by atoms with van der Waals surface area (Å²) in [6.45, 7) is 1.30. The molecule has 5 nitrogen and oxygen atoms in total. The van der Waals surface area contributed by atoms with E-state index in [1.165, 1.54) is 11.3 Å². The van der Waals surface area contributed by atoms with E-state index in [0.29, 0.717) is 31.7 Å². The van der Waals surface area contributed by atoms with E-state index in [4.69, 9.17) is 4.74 Å². The standard InChI is InChI=1S/C14H16N2O3S2/c17-12(15-9-14(18)3-5-19-6-4-14)10-8-21-13(16-10)11-2-1-7-20-11/h1-2,7-8,18H,3-6,9H2,(H,15,17). The minimum atomic E-state index is -0.861. The molecule has 0 spiro atoms. The maximum Gasteiger partial charge on any atom is 0.270 e. The van der Waals surface area contributed by atoms with Crippen LogP contribution in [0.1, 0.15) is 23.3 Å². The molecule has 3 rings (SSSR count). The molecule has 112 valence electrons. The monoisotopic (exact) mass is 324 g/mol. The normalized spacial score (nSPS) is 17.6. The smallest absolute Gasteiger partial charge is 0.270 e. The van der Waals surface area contributed by atoms with Gasteiger partial charge in [0.1, 0.15) is 10.7 Å². The Hall–Kier alpha value is -1.28. The van der Waals surface area contributed by atoms with Gasteiger partial charge < -0.3 is 15.2 Å². The fourth-order valence-corrected chi connectivity index (χ4v) is 3.77. The molecular weight excluding hydrogens is 308 g/mol. The first-order valence-electron chi connectivity index (χ1n) is 6.74. The average Bonchev–Trinajstić information content (AvgIpc) is 3.16.